The van der Waals surface area contributed by atoms with Crippen LogP contribution in [0.3, 0.4) is 0 Å². The third-order valence-electron chi connectivity index (χ3n) is 5.53. The van der Waals surface area contributed by atoms with Crippen LogP contribution in [-0.4, -0.2) is 47.3 Å². The maximum absolute atomic E-state index is 14.3. The normalized spacial score (nSPS) is 15.9. The largest absolute Gasteiger partial charge is 0.455 e. The smallest absolute Gasteiger partial charge is 0.312 e. The molecule has 0 saturated carbocycles. The Morgan fingerprint density at radius 2 is 2.19 bits per heavy atom. The number of imidazole rings is 1. The zero-order valence-electron chi connectivity index (χ0n) is 16.8. The van der Waals surface area contributed by atoms with E-state index in [1.807, 2.05) is 0 Å². The molecule has 1 atom stereocenters. The van der Waals surface area contributed by atoms with Crippen molar-refractivity contribution in [2.75, 3.05) is 6.54 Å². The number of halogens is 1. The highest BCUT2D eigenvalue weighted by Gasteiger charge is 2.38. The zero-order valence-corrected chi connectivity index (χ0v) is 16.8. The lowest BCUT2D eigenvalue weighted by Crippen LogP contribution is -2.40. The molecule has 160 valence electrons. The second-order valence-electron chi connectivity index (χ2n) is 7.54. The van der Waals surface area contributed by atoms with Crippen LogP contribution in [-0.2, 0) is 13.5 Å². The Morgan fingerprint density at radius 3 is 3.00 bits per heavy atom. The van der Waals surface area contributed by atoms with Crippen LogP contribution in [0, 0.1) is 5.82 Å². The quantitative estimate of drug-likeness (QED) is 0.465. The molecule has 1 aromatic carbocycles. The van der Waals surface area contributed by atoms with Gasteiger partial charge in [-0.05, 0) is 12.1 Å². The van der Waals surface area contributed by atoms with Gasteiger partial charge >= 0.3 is 11.8 Å². The number of rotatable bonds is 3. The Labute approximate surface area is 179 Å². The number of aryl methyl sites for hydroxylation is 1. The molecule has 4 aromatic heterocycles. The van der Waals surface area contributed by atoms with E-state index in [4.69, 9.17) is 8.83 Å². The number of benzene rings is 1. The summed E-state index contributed by atoms with van der Waals surface area (Å²) in [7, 11) is 1.77. The minimum absolute atomic E-state index is 0.134. The monoisotopic (exact) mass is 433 g/mol. The first kappa shape index (κ1) is 18.5. The van der Waals surface area contributed by atoms with Crippen molar-refractivity contribution in [1.82, 2.24) is 34.8 Å². The summed E-state index contributed by atoms with van der Waals surface area (Å²) >= 11 is 0. The first-order chi connectivity index (χ1) is 15.6. The Balaban J connectivity index is 1.41. The van der Waals surface area contributed by atoms with Gasteiger partial charge in [-0.15, -0.1) is 10.2 Å². The third kappa shape index (κ3) is 2.82. The molecule has 1 N–H and O–H groups in total. The molecule has 0 fully saturated rings. The molecular weight excluding hydrogens is 417 g/mol. The molecular formula is C21H16FN7O3. The van der Waals surface area contributed by atoms with Crippen molar-refractivity contribution in [3.63, 3.8) is 0 Å². The molecule has 32 heavy (non-hydrogen) atoms. The van der Waals surface area contributed by atoms with Crippen LogP contribution >= 0.6 is 0 Å². The number of carbonyl (C=O) groups is 1. The summed E-state index contributed by atoms with van der Waals surface area (Å²) < 4.78 is 27.4. The summed E-state index contributed by atoms with van der Waals surface area (Å²) in [4.78, 5) is 22.5. The minimum atomic E-state index is -0.668. The number of nitrogens with one attached hydrogen (secondary N) is 1. The van der Waals surface area contributed by atoms with Gasteiger partial charge in [0.25, 0.3) is 5.89 Å². The van der Waals surface area contributed by atoms with E-state index in [0.717, 1.165) is 5.69 Å². The van der Waals surface area contributed by atoms with Gasteiger partial charge in [0.2, 0.25) is 0 Å². The second-order valence-corrected chi connectivity index (χ2v) is 7.54. The number of hydrogen-bond donors (Lipinski definition) is 1. The van der Waals surface area contributed by atoms with Crippen LogP contribution in [0.1, 0.15) is 33.9 Å². The first-order valence-electron chi connectivity index (χ1n) is 9.92. The summed E-state index contributed by atoms with van der Waals surface area (Å²) in [5, 5.41) is 12.6. The van der Waals surface area contributed by atoms with Crippen molar-refractivity contribution in [3.8, 4) is 11.5 Å². The number of hydrogen-bond acceptors (Lipinski definition) is 7. The fraction of sp³-hybridized carbons (Fsp3) is 0.190. The standard InChI is InChI=1S/C21H16FN7O3/c1-28-9-12(8-25-28)19-26-27-20(32-19)21(30)29-6-5-14-16(24-10-23-14)17(29)15-7-11-3-2-4-13(22)18(11)31-15/h2-4,7-10,17H,5-6H2,1H3,(H,23,24)/t17-/m1/s1. The number of aromatic amines is 1. The van der Waals surface area contributed by atoms with Crippen LogP contribution in [0.2, 0.25) is 0 Å². The number of fused-ring (bicyclic) bond motifs is 2. The molecule has 0 radical (unpaired) electrons. The lowest BCUT2D eigenvalue weighted by atomic mass is 10.00. The molecule has 1 amide bonds. The molecule has 0 bridgehead atoms. The van der Waals surface area contributed by atoms with E-state index in [2.05, 4.69) is 25.3 Å². The molecule has 0 spiro atoms. The molecule has 11 heteroatoms. The van der Waals surface area contributed by atoms with Gasteiger partial charge in [-0.3, -0.25) is 9.48 Å². The maximum atomic E-state index is 14.3. The van der Waals surface area contributed by atoms with Gasteiger partial charge in [0, 0.05) is 37.3 Å². The van der Waals surface area contributed by atoms with Crippen molar-refractivity contribution in [1.29, 1.82) is 0 Å². The lowest BCUT2D eigenvalue weighted by Gasteiger charge is -2.32. The van der Waals surface area contributed by atoms with Crippen LogP contribution < -0.4 is 0 Å². The van der Waals surface area contributed by atoms with Crippen molar-refractivity contribution in [3.05, 3.63) is 71.8 Å². The Morgan fingerprint density at radius 1 is 1.28 bits per heavy atom. The van der Waals surface area contributed by atoms with E-state index in [-0.39, 0.29) is 17.4 Å². The number of carbonyl (C=O) groups excluding carboxylic acids is 1. The average molecular weight is 433 g/mol. The zero-order chi connectivity index (χ0) is 21.8. The summed E-state index contributed by atoms with van der Waals surface area (Å²) in [6.07, 6.45) is 5.42. The van der Waals surface area contributed by atoms with Crippen molar-refractivity contribution >= 4 is 16.9 Å². The number of aromatic nitrogens is 6. The average Bonchev–Trinajstić information content (AvgIpc) is 3.57. The molecule has 1 aliphatic rings. The van der Waals surface area contributed by atoms with E-state index in [1.54, 1.807) is 53.5 Å². The molecule has 0 unspecified atom stereocenters. The Bertz CT molecular complexity index is 1460. The molecule has 6 rings (SSSR count). The molecule has 5 heterocycles. The van der Waals surface area contributed by atoms with Crippen LogP contribution in [0.25, 0.3) is 22.4 Å². The number of nitrogens with zero attached hydrogens (tertiary/aromatic N) is 6. The second kappa shape index (κ2) is 6.87. The number of H-pyrrole nitrogens is 1. The lowest BCUT2D eigenvalue weighted by molar-refractivity contribution is 0.0632. The van der Waals surface area contributed by atoms with Crippen molar-refractivity contribution in [2.24, 2.45) is 7.05 Å². The number of amides is 1. The summed E-state index contributed by atoms with van der Waals surface area (Å²) in [5.74, 6) is -0.496. The Kier molecular flexibility index (Phi) is 3.97. The number of furan rings is 1. The minimum Gasteiger partial charge on any atom is -0.455 e. The summed E-state index contributed by atoms with van der Waals surface area (Å²) in [5.41, 5.74) is 2.27. The third-order valence-corrected chi connectivity index (χ3v) is 5.53. The van der Waals surface area contributed by atoms with E-state index >= 15 is 0 Å². The molecule has 10 nitrogen and oxygen atoms in total. The van der Waals surface area contributed by atoms with Crippen LogP contribution in [0.15, 0.2) is 51.8 Å². The molecule has 5 aromatic rings. The summed E-state index contributed by atoms with van der Waals surface area (Å²) in [6, 6.07) is 5.75. The van der Waals surface area contributed by atoms with Gasteiger partial charge in [-0.1, -0.05) is 12.1 Å². The predicted octanol–water partition coefficient (Wildman–Crippen LogP) is 2.87. The van der Waals surface area contributed by atoms with Gasteiger partial charge in [-0.2, -0.15) is 5.10 Å². The van der Waals surface area contributed by atoms with Gasteiger partial charge < -0.3 is 18.7 Å². The molecule has 0 saturated heterocycles. The first-order valence-corrected chi connectivity index (χ1v) is 9.92. The SMILES string of the molecule is Cn1cc(-c2nnc(C(=O)N3CCc4[nH]cnc4[C@H]3c3cc4cccc(F)c4o3)o2)cn1. The van der Waals surface area contributed by atoms with Crippen molar-refractivity contribution < 1.29 is 18.0 Å². The van der Waals surface area contributed by atoms with Gasteiger partial charge in [0.05, 0.1) is 23.8 Å². The fourth-order valence-electron chi connectivity index (χ4n) is 4.05. The van der Waals surface area contributed by atoms with E-state index in [1.165, 1.54) is 6.07 Å². The highest BCUT2D eigenvalue weighted by Crippen LogP contribution is 2.37. The molecule has 0 aliphatic carbocycles. The van der Waals surface area contributed by atoms with E-state index in [0.29, 0.717) is 35.4 Å². The topological polar surface area (TPSA) is 119 Å². The predicted molar refractivity (Wildman–Crippen MR) is 108 cm³/mol. The van der Waals surface area contributed by atoms with Gasteiger partial charge in [-0.25, -0.2) is 9.37 Å². The highest BCUT2D eigenvalue weighted by molar-refractivity contribution is 5.90. The maximum Gasteiger partial charge on any atom is 0.312 e. The highest BCUT2D eigenvalue weighted by atomic mass is 19.1. The van der Waals surface area contributed by atoms with Crippen LogP contribution in [0.5, 0.6) is 0 Å². The van der Waals surface area contributed by atoms with Crippen molar-refractivity contribution in [2.45, 2.75) is 12.5 Å². The Hall–Kier alpha value is -4.28. The number of para-hydroxylation sites is 1. The van der Waals surface area contributed by atoms with E-state index in [9.17, 15) is 9.18 Å². The van der Waals surface area contributed by atoms with Gasteiger partial charge in [0.1, 0.15) is 11.8 Å². The summed E-state index contributed by atoms with van der Waals surface area (Å²) in [6.45, 7) is 0.364. The fourth-order valence-corrected chi connectivity index (χ4v) is 4.05. The molecule has 1 aliphatic heterocycles. The van der Waals surface area contributed by atoms with Crippen LogP contribution in [0.4, 0.5) is 4.39 Å². The van der Waals surface area contributed by atoms with Gasteiger partial charge in [0.15, 0.2) is 11.4 Å². The van der Waals surface area contributed by atoms with E-state index < -0.39 is 17.8 Å².